The fraction of sp³-hybridized carbons (Fsp3) is 1.00. The lowest BCUT2D eigenvalue weighted by molar-refractivity contribution is 0.0750. The van der Waals surface area contributed by atoms with E-state index in [-0.39, 0.29) is 0 Å². The van der Waals surface area contributed by atoms with E-state index in [0.29, 0.717) is 0 Å². The van der Waals surface area contributed by atoms with Crippen LogP contribution < -0.4 is 5.32 Å². The third-order valence-corrected chi connectivity index (χ3v) is 5.57. The number of hydrogen-bond acceptors (Lipinski definition) is 2. The second-order valence-corrected chi connectivity index (χ2v) is 7.77. The molecule has 0 radical (unpaired) electrons. The third-order valence-electron chi connectivity index (χ3n) is 5.57. The molecule has 0 bridgehead atoms. The molecule has 1 N–H and O–H groups in total. The van der Waals surface area contributed by atoms with Gasteiger partial charge in [-0.1, -0.05) is 46.5 Å². The van der Waals surface area contributed by atoms with Crippen molar-refractivity contribution in [2.75, 3.05) is 13.1 Å². The summed E-state index contributed by atoms with van der Waals surface area (Å²) in [5.74, 6) is 0.833. The van der Waals surface area contributed by atoms with E-state index in [1.807, 2.05) is 0 Å². The normalized spacial score (nSPS) is 27.9. The molecule has 0 aromatic heterocycles. The minimum atomic E-state index is 0.756. The Hall–Kier alpha value is -0.0800. The molecule has 124 valence electrons. The van der Waals surface area contributed by atoms with E-state index < -0.39 is 0 Å². The monoisotopic (exact) mass is 294 g/mol. The van der Waals surface area contributed by atoms with Crippen molar-refractivity contribution in [3.63, 3.8) is 0 Å². The van der Waals surface area contributed by atoms with Gasteiger partial charge in [0, 0.05) is 18.1 Å². The molecular formula is C19H38N2. The Kier molecular flexibility index (Phi) is 7.53. The molecule has 2 nitrogen and oxygen atoms in total. The van der Waals surface area contributed by atoms with Gasteiger partial charge in [0.1, 0.15) is 0 Å². The van der Waals surface area contributed by atoms with Gasteiger partial charge in [0.15, 0.2) is 0 Å². The number of hydrogen-bond donors (Lipinski definition) is 1. The Bertz CT molecular complexity index is 271. The quantitative estimate of drug-likeness (QED) is 0.704. The van der Waals surface area contributed by atoms with Crippen LogP contribution in [-0.2, 0) is 0 Å². The highest BCUT2D eigenvalue weighted by Crippen LogP contribution is 2.31. The Balaban J connectivity index is 2.00. The van der Waals surface area contributed by atoms with Crippen LogP contribution in [-0.4, -0.2) is 36.1 Å². The molecule has 0 heterocycles. The zero-order valence-electron chi connectivity index (χ0n) is 14.7. The summed E-state index contributed by atoms with van der Waals surface area (Å²) in [6.07, 6.45) is 14.2. The summed E-state index contributed by atoms with van der Waals surface area (Å²) in [6.45, 7) is 9.57. The Morgan fingerprint density at radius 3 is 2.33 bits per heavy atom. The smallest absolute Gasteiger partial charge is 0.0252 e. The van der Waals surface area contributed by atoms with E-state index in [9.17, 15) is 0 Å². The Morgan fingerprint density at radius 1 is 1.00 bits per heavy atom. The minimum absolute atomic E-state index is 0.756. The molecule has 0 aliphatic heterocycles. The molecule has 0 spiro atoms. The molecule has 2 unspecified atom stereocenters. The average molecular weight is 295 g/mol. The van der Waals surface area contributed by atoms with Crippen molar-refractivity contribution in [3.8, 4) is 0 Å². The van der Waals surface area contributed by atoms with Crippen molar-refractivity contribution >= 4 is 0 Å². The minimum Gasteiger partial charge on any atom is -0.312 e. The second-order valence-electron chi connectivity index (χ2n) is 7.77. The van der Waals surface area contributed by atoms with Gasteiger partial charge >= 0.3 is 0 Å². The van der Waals surface area contributed by atoms with E-state index in [1.165, 1.54) is 77.3 Å². The number of nitrogens with one attached hydrogen (secondary N) is 1. The first-order valence-corrected chi connectivity index (χ1v) is 9.71. The van der Waals surface area contributed by atoms with Crippen molar-refractivity contribution in [2.45, 2.75) is 103 Å². The summed E-state index contributed by atoms with van der Waals surface area (Å²) in [7, 11) is 0. The molecule has 0 saturated heterocycles. The summed E-state index contributed by atoms with van der Waals surface area (Å²) in [5, 5.41) is 3.87. The van der Waals surface area contributed by atoms with Crippen LogP contribution in [0.1, 0.15) is 85.0 Å². The average Bonchev–Trinajstić information content (AvgIpc) is 3.00. The predicted octanol–water partition coefficient (Wildman–Crippen LogP) is 4.59. The maximum absolute atomic E-state index is 3.87. The molecule has 2 heteroatoms. The number of nitrogens with zero attached hydrogens (tertiary/aromatic N) is 1. The molecule has 2 atom stereocenters. The Morgan fingerprint density at radius 2 is 1.67 bits per heavy atom. The molecule has 21 heavy (non-hydrogen) atoms. The maximum atomic E-state index is 3.87. The van der Waals surface area contributed by atoms with Crippen LogP contribution in [0.5, 0.6) is 0 Å². The lowest BCUT2D eigenvalue weighted by atomic mass is 9.87. The van der Waals surface area contributed by atoms with Crippen LogP contribution in [0, 0.1) is 5.92 Å². The van der Waals surface area contributed by atoms with Gasteiger partial charge < -0.3 is 5.32 Å². The van der Waals surface area contributed by atoms with Crippen molar-refractivity contribution in [1.82, 2.24) is 10.2 Å². The van der Waals surface area contributed by atoms with E-state index >= 15 is 0 Å². The van der Waals surface area contributed by atoms with Crippen LogP contribution >= 0.6 is 0 Å². The van der Waals surface area contributed by atoms with Crippen LogP contribution in [0.4, 0.5) is 0 Å². The van der Waals surface area contributed by atoms with E-state index in [1.54, 1.807) is 0 Å². The summed E-state index contributed by atoms with van der Waals surface area (Å²) < 4.78 is 0. The van der Waals surface area contributed by atoms with Gasteiger partial charge in [-0.25, -0.2) is 0 Å². The summed E-state index contributed by atoms with van der Waals surface area (Å²) >= 11 is 0. The first-order chi connectivity index (χ1) is 10.2. The molecule has 2 fully saturated rings. The van der Waals surface area contributed by atoms with Crippen molar-refractivity contribution in [3.05, 3.63) is 0 Å². The second kappa shape index (κ2) is 9.15. The van der Waals surface area contributed by atoms with Gasteiger partial charge in [0.05, 0.1) is 0 Å². The largest absolute Gasteiger partial charge is 0.312 e. The lowest BCUT2D eigenvalue weighted by Gasteiger charge is -2.44. The van der Waals surface area contributed by atoms with Crippen LogP contribution in [0.3, 0.4) is 0 Å². The summed E-state index contributed by atoms with van der Waals surface area (Å²) in [6, 6.07) is 2.45. The van der Waals surface area contributed by atoms with Gasteiger partial charge in [-0.05, 0) is 57.5 Å². The number of rotatable bonds is 8. The molecule has 2 rings (SSSR count). The molecule has 0 aromatic rings. The van der Waals surface area contributed by atoms with Crippen LogP contribution in [0.2, 0.25) is 0 Å². The fourth-order valence-electron chi connectivity index (χ4n) is 4.34. The highest BCUT2D eigenvalue weighted by atomic mass is 15.2. The van der Waals surface area contributed by atoms with Gasteiger partial charge in [-0.15, -0.1) is 0 Å². The topological polar surface area (TPSA) is 15.3 Å². The molecule has 0 amide bonds. The van der Waals surface area contributed by atoms with Gasteiger partial charge in [0.25, 0.3) is 0 Å². The first kappa shape index (κ1) is 17.3. The first-order valence-electron chi connectivity index (χ1n) is 9.71. The molecule has 2 aliphatic rings. The zero-order chi connectivity index (χ0) is 15.1. The highest BCUT2D eigenvalue weighted by molar-refractivity contribution is 4.92. The van der Waals surface area contributed by atoms with Crippen molar-refractivity contribution < 1.29 is 0 Å². The van der Waals surface area contributed by atoms with Crippen molar-refractivity contribution in [1.29, 1.82) is 0 Å². The third kappa shape index (κ3) is 5.25. The zero-order valence-corrected chi connectivity index (χ0v) is 14.7. The predicted molar refractivity (Wildman–Crippen MR) is 92.8 cm³/mol. The highest BCUT2D eigenvalue weighted by Gasteiger charge is 2.34. The Labute approximate surface area is 133 Å². The van der Waals surface area contributed by atoms with Gasteiger partial charge in [-0.3, -0.25) is 4.90 Å². The van der Waals surface area contributed by atoms with Gasteiger partial charge in [-0.2, -0.15) is 0 Å². The van der Waals surface area contributed by atoms with Crippen molar-refractivity contribution in [2.24, 2.45) is 5.92 Å². The SMILES string of the molecule is CCCNC1CCCCC1N(CCC(C)C)C1CCCC1. The van der Waals surface area contributed by atoms with E-state index in [2.05, 4.69) is 31.0 Å². The van der Waals surface area contributed by atoms with E-state index in [4.69, 9.17) is 0 Å². The van der Waals surface area contributed by atoms with Crippen LogP contribution in [0.15, 0.2) is 0 Å². The molecule has 2 saturated carbocycles. The molecule has 0 aromatic carbocycles. The lowest BCUT2D eigenvalue weighted by Crippen LogP contribution is -2.55. The fourth-order valence-corrected chi connectivity index (χ4v) is 4.34. The summed E-state index contributed by atoms with van der Waals surface area (Å²) in [4.78, 5) is 2.94. The summed E-state index contributed by atoms with van der Waals surface area (Å²) in [5.41, 5.74) is 0. The molecule has 2 aliphatic carbocycles. The standard InChI is InChI=1S/C19H38N2/c1-4-14-20-18-11-7-8-12-19(18)21(15-13-16(2)3)17-9-5-6-10-17/h16-20H,4-15H2,1-3H3. The van der Waals surface area contributed by atoms with Gasteiger partial charge in [0.2, 0.25) is 0 Å². The maximum Gasteiger partial charge on any atom is 0.0252 e. The van der Waals surface area contributed by atoms with Crippen LogP contribution in [0.25, 0.3) is 0 Å². The van der Waals surface area contributed by atoms with E-state index in [0.717, 1.165) is 24.0 Å². The molecular weight excluding hydrogens is 256 g/mol.